The molecule has 3 nitrogen and oxygen atoms in total. The van der Waals surface area contributed by atoms with Gasteiger partial charge in [0, 0.05) is 7.11 Å². The highest BCUT2D eigenvalue weighted by atomic mass is 16.7. The van der Waals surface area contributed by atoms with Crippen LogP contribution in [-0.2, 0) is 14.2 Å². The zero-order valence-corrected chi connectivity index (χ0v) is 9.83. The maximum Gasteiger partial charge on any atom is 0.148 e. The van der Waals surface area contributed by atoms with E-state index in [9.17, 15) is 0 Å². The van der Waals surface area contributed by atoms with Crippen LogP contribution in [0.5, 0.6) is 0 Å². The average molecular weight is 214 g/mol. The van der Waals surface area contributed by atoms with Crippen LogP contribution in [0.1, 0.15) is 32.6 Å². The first kappa shape index (κ1) is 14.4. The fraction of sp³-hybridized carbons (Fsp3) is 0.833. The Balaban J connectivity index is 3.33. The summed E-state index contributed by atoms with van der Waals surface area (Å²) in [7, 11) is 1.64. The van der Waals surface area contributed by atoms with E-state index in [-0.39, 0.29) is 12.9 Å². The second-order valence-corrected chi connectivity index (χ2v) is 3.34. The highest BCUT2D eigenvalue weighted by Gasteiger charge is 2.03. The zero-order valence-electron chi connectivity index (χ0n) is 9.83. The number of hydrogen-bond acceptors (Lipinski definition) is 3. The molecule has 1 unspecified atom stereocenters. The summed E-state index contributed by atoms with van der Waals surface area (Å²) in [5.74, 6) is 2.62. The van der Waals surface area contributed by atoms with Gasteiger partial charge in [0.25, 0.3) is 0 Å². The third-order valence-electron chi connectivity index (χ3n) is 2.04. The second kappa shape index (κ2) is 11.5. The van der Waals surface area contributed by atoms with Crippen LogP contribution in [-0.4, -0.2) is 33.2 Å². The van der Waals surface area contributed by atoms with Crippen molar-refractivity contribution < 1.29 is 14.2 Å². The fourth-order valence-electron chi connectivity index (χ4n) is 1.13. The Morgan fingerprint density at radius 3 is 2.67 bits per heavy atom. The Kier molecular flexibility index (Phi) is 11.1. The fourth-order valence-corrected chi connectivity index (χ4v) is 1.13. The molecular formula is C12H22O3. The minimum Gasteiger partial charge on any atom is -0.382 e. The number of terminal acetylenes is 1. The number of hydrogen-bond donors (Lipinski definition) is 0. The van der Waals surface area contributed by atoms with Crippen molar-refractivity contribution in [3.05, 3.63) is 0 Å². The molecule has 0 amide bonds. The Labute approximate surface area is 93.1 Å². The Bertz CT molecular complexity index is 163. The van der Waals surface area contributed by atoms with Crippen molar-refractivity contribution in [2.45, 2.75) is 38.7 Å². The van der Waals surface area contributed by atoms with Crippen LogP contribution in [0.2, 0.25) is 0 Å². The Morgan fingerprint density at radius 2 is 2.07 bits per heavy atom. The van der Waals surface area contributed by atoms with Gasteiger partial charge < -0.3 is 14.2 Å². The number of ether oxygens (including phenoxy) is 3. The van der Waals surface area contributed by atoms with Crippen LogP contribution in [0.25, 0.3) is 0 Å². The molecule has 0 aliphatic rings. The molecule has 15 heavy (non-hydrogen) atoms. The SMILES string of the molecule is C#CC(CCCCC)OCOCCOC. The Morgan fingerprint density at radius 1 is 1.27 bits per heavy atom. The molecule has 0 spiro atoms. The summed E-state index contributed by atoms with van der Waals surface area (Å²) in [6.45, 7) is 3.55. The van der Waals surface area contributed by atoms with Gasteiger partial charge in [-0.2, -0.15) is 0 Å². The van der Waals surface area contributed by atoms with Crippen molar-refractivity contribution in [1.29, 1.82) is 0 Å². The minimum absolute atomic E-state index is 0.112. The van der Waals surface area contributed by atoms with Crippen LogP contribution in [0.15, 0.2) is 0 Å². The third-order valence-corrected chi connectivity index (χ3v) is 2.04. The molecule has 0 aromatic heterocycles. The van der Waals surface area contributed by atoms with Crippen LogP contribution < -0.4 is 0 Å². The van der Waals surface area contributed by atoms with E-state index >= 15 is 0 Å². The van der Waals surface area contributed by atoms with Gasteiger partial charge in [-0.25, -0.2) is 0 Å². The van der Waals surface area contributed by atoms with E-state index in [0.717, 1.165) is 12.8 Å². The lowest BCUT2D eigenvalue weighted by Crippen LogP contribution is -2.14. The van der Waals surface area contributed by atoms with E-state index in [1.165, 1.54) is 12.8 Å². The van der Waals surface area contributed by atoms with Crippen LogP contribution >= 0.6 is 0 Å². The monoisotopic (exact) mass is 214 g/mol. The maximum absolute atomic E-state index is 5.37. The predicted molar refractivity (Wildman–Crippen MR) is 60.5 cm³/mol. The zero-order chi connectivity index (χ0) is 11.4. The number of methoxy groups -OCH3 is 1. The summed E-state index contributed by atoms with van der Waals surface area (Å²) in [6, 6.07) is 0. The number of unbranched alkanes of at least 4 members (excludes halogenated alkanes) is 2. The lowest BCUT2D eigenvalue weighted by Gasteiger charge is -2.11. The maximum atomic E-state index is 5.37. The molecule has 0 radical (unpaired) electrons. The van der Waals surface area contributed by atoms with Gasteiger partial charge in [0.1, 0.15) is 12.9 Å². The standard InChI is InChI=1S/C12H22O3/c1-4-6-7-8-12(5-2)15-11-14-10-9-13-3/h2,12H,4,6-11H2,1,3H3. The smallest absolute Gasteiger partial charge is 0.148 e. The predicted octanol–water partition coefficient (Wildman–Crippen LogP) is 2.21. The van der Waals surface area contributed by atoms with Crippen LogP contribution in [0.4, 0.5) is 0 Å². The lowest BCUT2D eigenvalue weighted by molar-refractivity contribution is -0.0841. The van der Waals surface area contributed by atoms with Crippen molar-refractivity contribution in [2.24, 2.45) is 0 Å². The average Bonchev–Trinajstić information content (AvgIpc) is 2.26. The molecule has 3 heteroatoms. The van der Waals surface area contributed by atoms with Crippen molar-refractivity contribution in [3.8, 4) is 12.3 Å². The molecule has 0 aliphatic carbocycles. The van der Waals surface area contributed by atoms with Crippen molar-refractivity contribution in [2.75, 3.05) is 27.1 Å². The summed E-state index contributed by atoms with van der Waals surface area (Å²) in [5, 5.41) is 0. The van der Waals surface area contributed by atoms with Gasteiger partial charge in [-0.1, -0.05) is 25.7 Å². The molecule has 0 aromatic carbocycles. The first-order chi connectivity index (χ1) is 7.35. The van der Waals surface area contributed by atoms with E-state index in [1.807, 2.05) is 0 Å². The van der Waals surface area contributed by atoms with Crippen molar-refractivity contribution in [1.82, 2.24) is 0 Å². The Hall–Kier alpha value is -0.560. The largest absolute Gasteiger partial charge is 0.382 e. The second-order valence-electron chi connectivity index (χ2n) is 3.34. The van der Waals surface area contributed by atoms with Gasteiger partial charge in [-0.15, -0.1) is 6.42 Å². The highest BCUT2D eigenvalue weighted by Crippen LogP contribution is 2.05. The van der Waals surface area contributed by atoms with E-state index in [0.29, 0.717) is 13.2 Å². The molecule has 0 bridgehead atoms. The quantitative estimate of drug-likeness (QED) is 0.317. The molecule has 0 N–H and O–H groups in total. The molecule has 0 saturated carbocycles. The van der Waals surface area contributed by atoms with Gasteiger partial charge in [0.2, 0.25) is 0 Å². The molecule has 0 saturated heterocycles. The van der Waals surface area contributed by atoms with E-state index in [4.69, 9.17) is 20.6 Å². The van der Waals surface area contributed by atoms with Gasteiger partial charge in [-0.05, 0) is 12.8 Å². The topological polar surface area (TPSA) is 27.7 Å². The van der Waals surface area contributed by atoms with E-state index < -0.39 is 0 Å². The summed E-state index contributed by atoms with van der Waals surface area (Å²) in [6.07, 6.45) is 9.65. The van der Waals surface area contributed by atoms with Gasteiger partial charge in [-0.3, -0.25) is 0 Å². The molecular weight excluding hydrogens is 192 g/mol. The van der Waals surface area contributed by atoms with Crippen LogP contribution in [0, 0.1) is 12.3 Å². The third kappa shape index (κ3) is 9.74. The summed E-state index contributed by atoms with van der Waals surface area (Å²) >= 11 is 0. The van der Waals surface area contributed by atoms with Gasteiger partial charge in [0.05, 0.1) is 13.2 Å². The normalized spacial score (nSPS) is 12.3. The summed E-state index contributed by atoms with van der Waals surface area (Å²) in [5.41, 5.74) is 0. The summed E-state index contributed by atoms with van der Waals surface area (Å²) < 4.78 is 15.4. The molecule has 1 atom stereocenters. The van der Waals surface area contributed by atoms with Crippen LogP contribution in [0.3, 0.4) is 0 Å². The molecule has 0 heterocycles. The molecule has 0 aromatic rings. The van der Waals surface area contributed by atoms with Gasteiger partial charge >= 0.3 is 0 Å². The first-order valence-corrected chi connectivity index (χ1v) is 5.49. The molecule has 0 fully saturated rings. The van der Waals surface area contributed by atoms with E-state index in [2.05, 4.69) is 12.8 Å². The first-order valence-electron chi connectivity index (χ1n) is 5.49. The highest BCUT2D eigenvalue weighted by molar-refractivity contribution is 4.94. The minimum atomic E-state index is -0.112. The van der Waals surface area contributed by atoms with Crippen molar-refractivity contribution in [3.63, 3.8) is 0 Å². The lowest BCUT2D eigenvalue weighted by atomic mass is 10.1. The number of rotatable bonds is 10. The molecule has 0 rings (SSSR count). The molecule has 88 valence electrons. The summed E-state index contributed by atoms with van der Waals surface area (Å²) in [4.78, 5) is 0. The van der Waals surface area contributed by atoms with Crippen molar-refractivity contribution >= 4 is 0 Å². The molecule has 0 aliphatic heterocycles. The van der Waals surface area contributed by atoms with E-state index in [1.54, 1.807) is 7.11 Å². The van der Waals surface area contributed by atoms with Gasteiger partial charge in [0.15, 0.2) is 0 Å².